The molecule has 0 aliphatic rings. The Balaban J connectivity index is 4.20. The summed E-state index contributed by atoms with van der Waals surface area (Å²) >= 11 is 0. The van der Waals surface area contributed by atoms with E-state index in [-0.39, 0.29) is 19.4 Å². The molecule has 0 radical (unpaired) electrons. The molecule has 0 saturated carbocycles. The number of carbonyl (C=O) groups excluding carboxylic acids is 2. The average Bonchev–Trinajstić information content (AvgIpc) is 3.19. The minimum absolute atomic E-state index is 0.178. The first-order valence-corrected chi connectivity index (χ1v) is 24.6. The van der Waals surface area contributed by atoms with Crippen LogP contribution in [0.25, 0.3) is 0 Å². The number of unbranched alkanes of at least 4 members (excludes halogenated alkanes) is 28. The predicted molar refractivity (Wildman–Crippen MR) is 229 cm³/mol. The third-order valence-corrected chi connectivity index (χ3v) is 11.1. The molecule has 0 fully saturated rings. The van der Waals surface area contributed by atoms with E-state index in [0.29, 0.717) is 12.8 Å². The van der Waals surface area contributed by atoms with Crippen molar-refractivity contribution in [1.82, 2.24) is 0 Å². The Morgan fingerprint density at radius 3 is 1.29 bits per heavy atom. The number of phosphoric ester groups is 1. The standard InChI is InChI=1S/C45H87O10P/c1-3-5-7-9-11-13-15-17-19-20-21-22-23-25-26-28-30-32-34-36-44(48)52-40-43(41-54-56(50,51)53-39-42(47)38-46)55-45(49)37-35-33-31-29-27-24-18-16-14-12-10-8-6-4-2/h16,18,42-43,46-47H,3-15,17,19-41H2,1-2H3,(H,50,51)/b18-16-. The van der Waals surface area contributed by atoms with Crippen LogP contribution in [0.4, 0.5) is 0 Å². The summed E-state index contributed by atoms with van der Waals surface area (Å²) in [5.74, 6) is -0.922. The van der Waals surface area contributed by atoms with Gasteiger partial charge >= 0.3 is 19.8 Å². The second-order valence-electron chi connectivity index (χ2n) is 15.8. The van der Waals surface area contributed by atoms with E-state index in [0.717, 1.165) is 57.8 Å². The first-order valence-electron chi connectivity index (χ1n) is 23.1. The van der Waals surface area contributed by atoms with Crippen LogP contribution in [-0.4, -0.2) is 65.7 Å². The molecule has 0 amide bonds. The van der Waals surface area contributed by atoms with Gasteiger partial charge in [0.05, 0.1) is 19.8 Å². The lowest BCUT2D eigenvalue weighted by atomic mass is 10.0. The number of aliphatic hydroxyl groups excluding tert-OH is 2. The average molecular weight is 819 g/mol. The molecule has 0 heterocycles. The lowest BCUT2D eigenvalue weighted by Gasteiger charge is -2.20. The maximum absolute atomic E-state index is 12.6. The summed E-state index contributed by atoms with van der Waals surface area (Å²) in [4.78, 5) is 35.0. The molecule has 0 aromatic heterocycles. The normalized spacial score (nSPS) is 13.9. The highest BCUT2D eigenvalue weighted by Crippen LogP contribution is 2.43. The lowest BCUT2D eigenvalue weighted by molar-refractivity contribution is -0.161. The molecule has 0 rings (SSSR count). The Labute approximate surface area is 343 Å². The summed E-state index contributed by atoms with van der Waals surface area (Å²) in [6.07, 6.45) is 40.3. The molecule has 0 aliphatic heterocycles. The van der Waals surface area contributed by atoms with Gasteiger partial charge in [-0.3, -0.25) is 18.6 Å². The van der Waals surface area contributed by atoms with Crippen LogP contribution in [-0.2, 0) is 32.7 Å². The van der Waals surface area contributed by atoms with Crippen LogP contribution in [0.5, 0.6) is 0 Å². The van der Waals surface area contributed by atoms with Crippen molar-refractivity contribution in [3.05, 3.63) is 12.2 Å². The largest absolute Gasteiger partial charge is 0.472 e. The maximum Gasteiger partial charge on any atom is 0.472 e. The monoisotopic (exact) mass is 819 g/mol. The fourth-order valence-corrected chi connectivity index (χ4v) is 7.37. The van der Waals surface area contributed by atoms with Gasteiger partial charge in [-0.25, -0.2) is 4.57 Å². The van der Waals surface area contributed by atoms with Gasteiger partial charge in [0.25, 0.3) is 0 Å². The van der Waals surface area contributed by atoms with Crippen molar-refractivity contribution in [3.63, 3.8) is 0 Å². The van der Waals surface area contributed by atoms with E-state index in [2.05, 4.69) is 26.0 Å². The van der Waals surface area contributed by atoms with Gasteiger partial charge in [0.2, 0.25) is 0 Å². The molecule has 10 nitrogen and oxygen atoms in total. The zero-order chi connectivity index (χ0) is 41.2. The smallest absolute Gasteiger partial charge is 0.462 e. The SMILES string of the molecule is CCCCCCC/C=C\CCCCCCCC(=O)OC(COC(=O)CCCCCCCCCCCCCCCCCCCCC)COP(=O)(O)OCC(O)CO. The van der Waals surface area contributed by atoms with Crippen molar-refractivity contribution in [2.75, 3.05) is 26.4 Å². The maximum atomic E-state index is 12.6. The van der Waals surface area contributed by atoms with Crippen molar-refractivity contribution >= 4 is 19.8 Å². The summed E-state index contributed by atoms with van der Waals surface area (Å²) in [7, 11) is -4.61. The van der Waals surface area contributed by atoms with Gasteiger partial charge in [0.1, 0.15) is 12.7 Å². The number of carbonyl (C=O) groups is 2. The van der Waals surface area contributed by atoms with E-state index in [4.69, 9.17) is 23.6 Å². The second kappa shape index (κ2) is 41.9. The second-order valence-corrected chi connectivity index (χ2v) is 17.2. The molecule has 0 spiro atoms. The first kappa shape index (κ1) is 54.7. The summed E-state index contributed by atoms with van der Waals surface area (Å²) < 4.78 is 32.7. The highest BCUT2D eigenvalue weighted by Gasteiger charge is 2.27. The Morgan fingerprint density at radius 1 is 0.518 bits per heavy atom. The van der Waals surface area contributed by atoms with E-state index >= 15 is 0 Å². The minimum atomic E-state index is -4.61. The molecular weight excluding hydrogens is 731 g/mol. The van der Waals surface area contributed by atoms with E-state index in [1.54, 1.807) is 0 Å². The van der Waals surface area contributed by atoms with Gasteiger partial charge in [-0.05, 0) is 38.5 Å². The van der Waals surface area contributed by atoms with Crippen LogP contribution in [0.1, 0.15) is 226 Å². The summed E-state index contributed by atoms with van der Waals surface area (Å²) in [5.41, 5.74) is 0. The van der Waals surface area contributed by atoms with Crippen LogP contribution in [0.15, 0.2) is 12.2 Å². The van der Waals surface area contributed by atoms with Crippen LogP contribution in [0, 0.1) is 0 Å². The van der Waals surface area contributed by atoms with Gasteiger partial charge < -0.3 is 24.6 Å². The molecule has 0 aliphatic carbocycles. The predicted octanol–water partition coefficient (Wildman–Crippen LogP) is 12.4. The molecule has 3 atom stereocenters. The molecule has 0 saturated heterocycles. The van der Waals surface area contributed by atoms with Gasteiger partial charge in [-0.15, -0.1) is 0 Å². The lowest BCUT2D eigenvalue weighted by Crippen LogP contribution is -2.29. The fourth-order valence-electron chi connectivity index (χ4n) is 6.58. The summed E-state index contributed by atoms with van der Waals surface area (Å²) in [5, 5.41) is 18.3. The number of rotatable bonds is 44. The van der Waals surface area contributed by atoms with Crippen molar-refractivity contribution in [1.29, 1.82) is 0 Å². The van der Waals surface area contributed by atoms with Gasteiger partial charge in [-0.2, -0.15) is 0 Å². The van der Waals surface area contributed by atoms with Crippen LogP contribution >= 0.6 is 7.82 Å². The molecule has 0 aromatic carbocycles. The van der Waals surface area contributed by atoms with Crippen molar-refractivity contribution in [3.8, 4) is 0 Å². The number of hydrogen-bond donors (Lipinski definition) is 3. The van der Waals surface area contributed by atoms with Gasteiger partial charge in [0, 0.05) is 12.8 Å². The zero-order valence-corrected chi connectivity index (χ0v) is 37.0. The number of allylic oxidation sites excluding steroid dienone is 2. The fraction of sp³-hybridized carbons (Fsp3) is 0.911. The van der Waals surface area contributed by atoms with Crippen molar-refractivity contribution in [2.24, 2.45) is 0 Å². The summed E-state index contributed by atoms with van der Waals surface area (Å²) in [6, 6.07) is 0. The minimum Gasteiger partial charge on any atom is -0.462 e. The van der Waals surface area contributed by atoms with Crippen molar-refractivity contribution < 1.29 is 47.8 Å². The Kier molecular flexibility index (Phi) is 40.9. The Bertz CT molecular complexity index is 946. The van der Waals surface area contributed by atoms with Crippen molar-refractivity contribution in [2.45, 2.75) is 238 Å². The number of ether oxygens (including phenoxy) is 2. The van der Waals surface area contributed by atoms with Crippen LogP contribution < -0.4 is 0 Å². The molecule has 3 N–H and O–H groups in total. The molecular formula is C45H87O10P. The summed E-state index contributed by atoms with van der Waals surface area (Å²) in [6.45, 7) is 2.40. The van der Waals surface area contributed by atoms with E-state index in [9.17, 15) is 24.2 Å². The Hall–Kier alpha value is -1.29. The molecule has 56 heavy (non-hydrogen) atoms. The topological polar surface area (TPSA) is 149 Å². The molecule has 332 valence electrons. The molecule has 0 aromatic rings. The molecule has 0 bridgehead atoms. The zero-order valence-electron chi connectivity index (χ0n) is 36.1. The van der Waals surface area contributed by atoms with Crippen LogP contribution in [0.2, 0.25) is 0 Å². The van der Waals surface area contributed by atoms with E-state index in [1.165, 1.54) is 128 Å². The van der Waals surface area contributed by atoms with E-state index < -0.39 is 51.8 Å². The quantitative estimate of drug-likeness (QED) is 0.0235. The van der Waals surface area contributed by atoms with Crippen LogP contribution in [0.3, 0.4) is 0 Å². The van der Waals surface area contributed by atoms with Gasteiger partial charge in [-0.1, -0.05) is 187 Å². The third-order valence-electron chi connectivity index (χ3n) is 10.2. The number of hydrogen-bond acceptors (Lipinski definition) is 9. The number of esters is 2. The molecule has 11 heteroatoms. The van der Waals surface area contributed by atoms with Gasteiger partial charge in [0.15, 0.2) is 6.10 Å². The number of phosphoric acid groups is 1. The third kappa shape index (κ3) is 40.9. The highest BCUT2D eigenvalue weighted by atomic mass is 31.2. The Morgan fingerprint density at radius 2 is 0.875 bits per heavy atom. The van der Waals surface area contributed by atoms with E-state index in [1.807, 2.05) is 0 Å². The molecule has 3 unspecified atom stereocenters. The highest BCUT2D eigenvalue weighted by molar-refractivity contribution is 7.47. The number of aliphatic hydroxyl groups is 2. The first-order chi connectivity index (χ1) is 27.2.